The Morgan fingerprint density at radius 2 is 1.96 bits per heavy atom. The topological polar surface area (TPSA) is 59.5 Å². The molecule has 126 valence electrons. The summed E-state index contributed by atoms with van der Waals surface area (Å²) in [6.07, 6.45) is -0.868. The number of alkyl halides is 2. The van der Waals surface area contributed by atoms with E-state index in [0.29, 0.717) is 23.2 Å². The van der Waals surface area contributed by atoms with Crippen molar-refractivity contribution >= 4 is 12.2 Å². The van der Waals surface area contributed by atoms with Gasteiger partial charge in [-0.05, 0) is 29.8 Å². The molecule has 0 saturated carbocycles. The molecule has 0 aliphatic rings. The van der Waals surface area contributed by atoms with Crippen LogP contribution in [0.15, 0.2) is 30.5 Å². The van der Waals surface area contributed by atoms with Crippen LogP contribution in [0.1, 0.15) is 32.8 Å². The highest BCUT2D eigenvalue weighted by molar-refractivity contribution is 5.96. The molecule has 7 heteroatoms. The highest BCUT2D eigenvalue weighted by Gasteiger charge is 2.18. The first-order chi connectivity index (χ1) is 11.4. The summed E-state index contributed by atoms with van der Waals surface area (Å²) in [4.78, 5) is 28.7. The number of amides is 1. The number of methoxy groups -OCH3 is 1. The zero-order valence-corrected chi connectivity index (χ0v) is 13.4. The summed E-state index contributed by atoms with van der Waals surface area (Å²) in [5.74, 6) is -0.0466. The Bertz CT molecular complexity index is 776. The Balaban J connectivity index is 2.69. The molecule has 0 unspecified atom stereocenters. The average molecular weight is 334 g/mol. The molecule has 1 aromatic carbocycles. The Hall–Kier alpha value is -2.83. The van der Waals surface area contributed by atoms with Crippen molar-refractivity contribution in [2.24, 2.45) is 0 Å². The van der Waals surface area contributed by atoms with Crippen LogP contribution in [0.4, 0.5) is 8.78 Å². The minimum absolute atomic E-state index is 0.102. The Morgan fingerprint density at radius 3 is 2.50 bits per heavy atom. The van der Waals surface area contributed by atoms with Gasteiger partial charge in [-0.3, -0.25) is 14.6 Å². The smallest absolute Gasteiger partial charge is 0.271 e. The van der Waals surface area contributed by atoms with Gasteiger partial charge in [0.1, 0.15) is 11.4 Å². The molecule has 0 fully saturated rings. The molecule has 0 atom stereocenters. The molecule has 0 aliphatic carbocycles. The van der Waals surface area contributed by atoms with E-state index in [1.165, 1.54) is 42.5 Å². The first-order valence-corrected chi connectivity index (χ1v) is 7.02. The molecule has 1 amide bonds. The minimum atomic E-state index is -2.67. The number of aldehydes is 1. The van der Waals surface area contributed by atoms with E-state index in [-0.39, 0.29) is 22.7 Å². The van der Waals surface area contributed by atoms with Crippen molar-refractivity contribution in [3.63, 3.8) is 0 Å². The molecule has 0 N–H and O–H groups in total. The van der Waals surface area contributed by atoms with Gasteiger partial charge in [-0.1, -0.05) is 0 Å². The summed E-state index contributed by atoms with van der Waals surface area (Å²) < 4.78 is 31.2. The van der Waals surface area contributed by atoms with Gasteiger partial charge >= 0.3 is 0 Å². The highest BCUT2D eigenvalue weighted by atomic mass is 19.3. The van der Waals surface area contributed by atoms with Gasteiger partial charge in [0.15, 0.2) is 6.29 Å². The molecule has 2 aromatic rings. The minimum Gasteiger partial charge on any atom is -0.496 e. The predicted octanol–water partition coefficient (Wildman–Crippen LogP) is 3.21. The largest absolute Gasteiger partial charge is 0.496 e. The van der Waals surface area contributed by atoms with Crippen molar-refractivity contribution in [3.05, 3.63) is 47.3 Å². The molecule has 0 bridgehead atoms. The number of nitrogens with zero attached hydrogens (tertiary/aromatic N) is 2. The second-order valence-electron chi connectivity index (χ2n) is 5.23. The number of hydrogen-bond acceptors (Lipinski definition) is 4. The van der Waals surface area contributed by atoms with Gasteiger partial charge in [-0.15, -0.1) is 0 Å². The predicted molar refractivity (Wildman–Crippen MR) is 84.6 cm³/mol. The zero-order valence-electron chi connectivity index (χ0n) is 13.4. The van der Waals surface area contributed by atoms with Crippen molar-refractivity contribution in [2.45, 2.75) is 6.43 Å². The second kappa shape index (κ2) is 7.16. The molecule has 0 aliphatic heterocycles. The van der Waals surface area contributed by atoms with Gasteiger partial charge in [-0.2, -0.15) is 0 Å². The molecule has 1 heterocycles. The van der Waals surface area contributed by atoms with Crippen LogP contribution < -0.4 is 4.74 Å². The SMILES string of the molecule is COc1ccc(C(F)F)cc1-c1cc(C(=O)N(C)C)ncc1C=O. The van der Waals surface area contributed by atoms with E-state index in [0.717, 1.165) is 0 Å². The van der Waals surface area contributed by atoms with E-state index in [1.54, 1.807) is 14.1 Å². The third-order valence-electron chi connectivity index (χ3n) is 3.45. The number of aromatic nitrogens is 1. The lowest BCUT2D eigenvalue weighted by molar-refractivity contribution is 0.0821. The lowest BCUT2D eigenvalue weighted by Crippen LogP contribution is -2.22. The summed E-state index contributed by atoms with van der Waals surface area (Å²) in [6, 6.07) is 5.30. The van der Waals surface area contributed by atoms with E-state index in [1.807, 2.05) is 0 Å². The number of carbonyl (C=O) groups excluding carboxylic acids is 2. The van der Waals surface area contributed by atoms with Gasteiger partial charge in [0.2, 0.25) is 0 Å². The number of ether oxygens (including phenoxy) is 1. The van der Waals surface area contributed by atoms with Gasteiger partial charge in [-0.25, -0.2) is 8.78 Å². The van der Waals surface area contributed by atoms with Crippen molar-refractivity contribution < 1.29 is 23.1 Å². The van der Waals surface area contributed by atoms with Crippen LogP contribution >= 0.6 is 0 Å². The molecule has 2 rings (SSSR count). The van der Waals surface area contributed by atoms with E-state index in [2.05, 4.69) is 4.98 Å². The van der Waals surface area contributed by atoms with Crippen LogP contribution in [-0.2, 0) is 0 Å². The van der Waals surface area contributed by atoms with Crippen LogP contribution in [0.3, 0.4) is 0 Å². The van der Waals surface area contributed by atoms with Gasteiger partial charge in [0.05, 0.1) is 7.11 Å². The van der Waals surface area contributed by atoms with E-state index in [9.17, 15) is 18.4 Å². The normalized spacial score (nSPS) is 10.6. The number of hydrogen-bond donors (Lipinski definition) is 0. The molecule has 1 aromatic heterocycles. The monoisotopic (exact) mass is 334 g/mol. The molecule has 0 spiro atoms. The maximum atomic E-state index is 13.0. The van der Waals surface area contributed by atoms with Crippen molar-refractivity contribution in [2.75, 3.05) is 21.2 Å². The summed E-state index contributed by atoms with van der Waals surface area (Å²) in [5.41, 5.74) is 0.678. The summed E-state index contributed by atoms with van der Waals surface area (Å²) in [5, 5.41) is 0. The number of benzene rings is 1. The third kappa shape index (κ3) is 3.40. The fraction of sp³-hybridized carbons (Fsp3) is 0.235. The first-order valence-electron chi connectivity index (χ1n) is 7.02. The Labute approximate surface area is 137 Å². The molecule has 0 radical (unpaired) electrons. The highest BCUT2D eigenvalue weighted by Crippen LogP contribution is 2.35. The Morgan fingerprint density at radius 1 is 1.25 bits per heavy atom. The molecule has 0 saturated heterocycles. The van der Waals surface area contributed by atoms with Gasteiger partial charge in [0.25, 0.3) is 12.3 Å². The van der Waals surface area contributed by atoms with Crippen molar-refractivity contribution in [3.8, 4) is 16.9 Å². The second-order valence-corrected chi connectivity index (χ2v) is 5.23. The van der Waals surface area contributed by atoms with E-state index < -0.39 is 6.43 Å². The summed E-state index contributed by atoms with van der Waals surface area (Å²) >= 11 is 0. The third-order valence-corrected chi connectivity index (χ3v) is 3.45. The molecular formula is C17H16F2N2O3. The van der Waals surface area contributed by atoms with Crippen LogP contribution in [0.25, 0.3) is 11.1 Å². The lowest BCUT2D eigenvalue weighted by Gasteiger charge is -2.15. The summed E-state index contributed by atoms with van der Waals surface area (Å²) in [7, 11) is 4.53. The first kappa shape index (κ1) is 17.5. The van der Waals surface area contributed by atoms with Gasteiger partial charge < -0.3 is 9.64 Å². The van der Waals surface area contributed by atoms with Crippen LogP contribution in [-0.4, -0.2) is 43.3 Å². The number of rotatable bonds is 5. The summed E-state index contributed by atoms with van der Waals surface area (Å²) in [6.45, 7) is 0. The maximum Gasteiger partial charge on any atom is 0.271 e. The average Bonchev–Trinajstić information content (AvgIpc) is 2.59. The number of pyridine rings is 1. The molecule has 5 nitrogen and oxygen atoms in total. The van der Waals surface area contributed by atoms with Crippen LogP contribution in [0.5, 0.6) is 5.75 Å². The lowest BCUT2D eigenvalue weighted by atomic mass is 9.98. The number of carbonyl (C=O) groups is 2. The molecule has 24 heavy (non-hydrogen) atoms. The quantitative estimate of drug-likeness (QED) is 0.788. The van der Waals surface area contributed by atoms with Crippen molar-refractivity contribution in [1.82, 2.24) is 9.88 Å². The standard InChI is InChI=1S/C17H16F2N2O3/c1-21(2)17(23)14-7-12(11(9-22)8-20-14)13-6-10(16(18)19)4-5-15(13)24-3/h4-9,16H,1-3H3. The maximum absolute atomic E-state index is 13.0. The van der Waals surface area contributed by atoms with Gasteiger partial charge in [0, 0.05) is 37.0 Å². The zero-order chi connectivity index (χ0) is 17.9. The van der Waals surface area contributed by atoms with Crippen molar-refractivity contribution in [1.29, 1.82) is 0 Å². The fourth-order valence-corrected chi connectivity index (χ4v) is 2.21. The Kier molecular flexibility index (Phi) is 5.23. The fourth-order valence-electron chi connectivity index (χ4n) is 2.21. The van der Waals surface area contributed by atoms with Crippen LogP contribution in [0, 0.1) is 0 Å². The van der Waals surface area contributed by atoms with E-state index in [4.69, 9.17) is 4.74 Å². The molecular weight excluding hydrogens is 318 g/mol. The van der Waals surface area contributed by atoms with Crippen LogP contribution in [0.2, 0.25) is 0 Å². The number of halogens is 2. The van der Waals surface area contributed by atoms with E-state index >= 15 is 0 Å².